The van der Waals surface area contributed by atoms with Crippen LogP contribution in [0.25, 0.3) is 22.8 Å². The Morgan fingerprint density at radius 2 is 1.85 bits per heavy atom. The Balaban J connectivity index is 1.85. The van der Waals surface area contributed by atoms with Gasteiger partial charge >= 0.3 is 0 Å². The molecule has 2 heterocycles. The largest absolute Gasteiger partial charge is 0.320 e. The number of hydrogen-bond acceptors (Lipinski definition) is 2. The second kappa shape index (κ2) is 6.68. The van der Waals surface area contributed by atoms with Crippen LogP contribution in [0.1, 0.15) is 21.6 Å². The highest BCUT2D eigenvalue weighted by Crippen LogP contribution is 2.26. The van der Waals surface area contributed by atoms with Crippen molar-refractivity contribution in [3.05, 3.63) is 89.9 Å². The molecule has 0 aliphatic rings. The van der Waals surface area contributed by atoms with Crippen molar-refractivity contribution in [1.29, 1.82) is 0 Å². The van der Waals surface area contributed by atoms with Gasteiger partial charge in [-0.05, 0) is 42.8 Å². The zero-order valence-electron chi connectivity index (χ0n) is 14.9. The van der Waals surface area contributed by atoms with Crippen molar-refractivity contribution in [3.8, 4) is 0 Å². The molecule has 134 valence electrons. The maximum atomic E-state index is 13.0. The van der Waals surface area contributed by atoms with E-state index in [1.54, 1.807) is 24.3 Å². The summed E-state index contributed by atoms with van der Waals surface area (Å²) < 4.78 is 16.9. The SMILES string of the molecule is C=CCn1c2ccccc2n2nc(C)c(C(=O)/C=C/c3ccc(F)cc3)c12. The Labute approximate surface area is 155 Å². The van der Waals surface area contributed by atoms with Gasteiger partial charge in [-0.15, -0.1) is 6.58 Å². The highest BCUT2D eigenvalue weighted by molar-refractivity contribution is 6.12. The first-order valence-corrected chi connectivity index (χ1v) is 8.65. The number of para-hydroxylation sites is 2. The predicted octanol–water partition coefficient (Wildman–Crippen LogP) is 4.82. The van der Waals surface area contributed by atoms with Crippen molar-refractivity contribution in [1.82, 2.24) is 14.2 Å². The highest BCUT2D eigenvalue weighted by atomic mass is 19.1. The molecule has 0 unspecified atom stereocenters. The van der Waals surface area contributed by atoms with Crippen LogP contribution >= 0.6 is 0 Å². The summed E-state index contributed by atoms with van der Waals surface area (Å²) in [6.45, 7) is 6.24. The first-order chi connectivity index (χ1) is 13.1. The number of fused-ring (bicyclic) bond motifs is 3. The lowest BCUT2D eigenvalue weighted by Gasteiger charge is -2.03. The number of benzene rings is 2. The molecule has 0 N–H and O–H groups in total. The van der Waals surface area contributed by atoms with Gasteiger partial charge in [0.05, 0.1) is 22.3 Å². The summed E-state index contributed by atoms with van der Waals surface area (Å²) in [6.07, 6.45) is 5.00. The number of halogens is 1. The third-order valence-corrected chi connectivity index (χ3v) is 4.55. The van der Waals surface area contributed by atoms with E-state index in [-0.39, 0.29) is 11.6 Å². The number of nitrogens with zero attached hydrogens (tertiary/aromatic N) is 3. The second-order valence-corrected chi connectivity index (χ2v) is 6.33. The molecule has 4 nitrogen and oxygen atoms in total. The number of rotatable bonds is 5. The number of aryl methyl sites for hydroxylation is 1. The normalized spacial score (nSPS) is 11.6. The minimum absolute atomic E-state index is 0.139. The van der Waals surface area contributed by atoms with Crippen molar-refractivity contribution in [2.24, 2.45) is 0 Å². The van der Waals surface area contributed by atoms with E-state index in [9.17, 15) is 9.18 Å². The fourth-order valence-electron chi connectivity index (χ4n) is 3.35. The summed E-state index contributed by atoms with van der Waals surface area (Å²) in [6, 6.07) is 13.9. The average Bonchev–Trinajstić information content (AvgIpc) is 3.16. The fraction of sp³-hybridized carbons (Fsp3) is 0.0909. The van der Waals surface area contributed by atoms with Crippen LogP contribution < -0.4 is 0 Å². The number of allylic oxidation sites excluding steroid dienone is 2. The van der Waals surface area contributed by atoms with Crippen LogP contribution in [0.15, 0.2) is 67.3 Å². The van der Waals surface area contributed by atoms with Gasteiger partial charge in [0.1, 0.15) is 11.5 Å². The van der Waals surface area contributed by atoms with E-state index in [0.717, 1.165) is 22.2 Å². The van der Waals surface area contributed by atoms with Gasteiger partial charge in [-0.25, -0.2) is 8.91 Å². The molecule has 2 aromatic carbocycles. The molecule has 0 saturated carbocycles. The van der Waals surface area contributed by atoms with Crippen molar-refractivity contribution in [3.63, 3.8) is 0 Å². The average molecular weight is 359 g/mol. The number of hydrogen-bond donors (Lipinski definition) is 0. The first-order valence-electron chi connectivity index (χ1n) is 8.65. The van der Waals surface area contributed by atoms with Crippen LogP contribution in [0.4, 0.5) is 4.39 Å². The van der Waals surface area contributed by atoms with Gasteiger partial charge in [0.15, 0.2) is 5.78 Å². The molecule has 27 heavy (non-hydrogen) atoms. The number of ketones is 1. The first kappa shape index (κ1) is 17.0. The number of carbonyl (C=O) groups excluding carboxylic acids is 1. The summed E-state index contributed by atoms with van der Waals surface area (Å²) >= 11 is 0. The molecule has 0 spiro atoms. The van der Waals surface area contributed by atoms with Gasteiger partial charge in [0.25, 0.3) is 0 Å². The minimum Gasteiger partial charge on any atom is -0.320 e. The van der Waals surface area contributed by atoms with E-state index in [0.29, 0.717) is 17.8 Å². The Bertz CT molecular complexity index is 1200. The second-order valence-electron chi connectivity index (χ2n) is 6.33. The predicted molar refractivity (Wildman–Crippen MR) is 105 cm³/mol. The topological polar surface area (TPSA) is 39.3 Å². The summed E-state index contributed by atoms with van der Waals surface area (Å²) in [7, 11) is 0. The number of imidazole rings is 1. The highest BCUT2D eigenvalue weighted by Gasteiger charge is 2.21. The van der Waals surface area contributed by atoms with Crippen molar-refractivity contribution in [2.75, 3.05) is 0 Å². The zero-order chi connectivity index (χ0) is 19.0. The van der Waals surface area contributed by atoms with E-state index in [4.69, 9.17) is 0 Å². The van der Waals surface area contributed by atoms with Gasteiger partial charge < -0.3 is 4.57 Å². The lowest BCUT2D eigenvalue weighted by Crippen LogP contribution is -2.02. The van der Waals surface area contributed by atoms with Crippen molar-refractivity contribution >= 4 is 28.5 Å². The minimum atomic E-state index is -0.304. The third-order valence-electron chi connectivity index (χ3n) is 4.55. The zero-order valence-corrected chi connectivity index (χ0v) is 14.9. The monoisotopic (exact) mass is 359 g/mol. The van der Waals surface area contributed by atoms with Gasteiger partial charge in [-0.1, -0.05) is 36.4 Å². The molecule has 0 aliphatic heterocycles. The molecule has 0 saturated heterocycles. The summed E-state index contributed by atoms with van der Waals surface area (Å²) in [4.78, 5) is 13.0. The van der Waals surface area contributed by atoms with Crippen LogP contribution in [0.2, 0.25) is 0 Å². The Morgan fingerprint density at radius 3 is 2.56 bits per heavy atom. The quantitative estimate of drug-likeness (QED) is 0.291. The van der Waals surface area contributed by atoms with E-state index in [1.807, 2.05) is 40.3 Å². The van der Waals surface area contributed by atoms with Crippen LogP contribution in [0, 0.1) is 12.7 Å². The molecular weight excluding hydrogens is 341 g/mol. The van der Waals surface area contributed by atoms with E-state index >= 15 is 0 Å². The molecular formula is C22H18FN3O. The van der Waals surface area contributed by atoms with E-state index in [2.05, 4.69) is 11.7 Å². The smallest absolute Gasteiger partial charge is 0.191 e. The van der Waals surface area contributed by atoms with Crippen LogP contribution in [-0.4, -0.2) is 20.0 Å². The van der Waals surface area contributed by atoms with Gasteiger partial charge in [0, 0.05) is 6.54 Å². The lowest BCUT2D eigenvalue weighted by molar-refractivity contribution is 0.104. The van der Waals surface area contributed by atoms with E-state index in [1.165, 1.54) is 18.2 Å². The number of aromatic nitrogens is 3. The van der Waals surface area contributed by atoms with Crippen molar-refractivity contribution < 1.29 is 9.18 Å². The molecule has 4 aromatic rings. The summed E-state index contributed by atoms with van der Waals surface area (Å²) in [5, 5.41) is 4.59. The van der Waals surface area contributed by atoms with E-state index < -0.39 is 0 Å². The van der Waals surface area contributed by atoms with Crippen molar-refractivity contribution in [2.45, 2.75) is 13.5 Å². The third kappa shape index (κ3) is 2.87. The molecule has 0 radical (unpaired) electrons. The number of carbonyl (C=O) groups is 1. The maximum Gasteiger partial charge on any atom is 0.191 e. The molecule has 0 fully saturated rings. The van der Waals surface area contributed by atoms with Gasteiger partial charge in [-0.2, -0.15) is 5.10 Å². The van der Waals surface area contributed by atoms with Gasteiger partial charge in [-0.3, -0.25) is 4.79 Å². The molecule has 0 bridgehead atoms. The Kier molecular flexibility index (Phi) is 4.20. The lowest BCUT2D eigenvalue weighted by atomic mass is 10.1. The summed E-state index contributed by atoms with van der Waals surface area (Å²) in [5.74, 6) is -0.443. The van der Waals surface area contributed by atoms with Crippen LogP contribution in [0.5, 0.6) is 0 Å². The molecule has 5 heteroatoms. The summed E-state index contributed by atoms with van der Waals surface area (Å²) in [5.41, 5.74) is 4.68. The molecule has 4 rings (SSSR count). The maximum absolute atomic E-state index is 13.0. The standard InChI is InChI=1S/C22H18FN3O/c1-3-14-25-18-6-4-5-7-19(18)26-22(25)21(15(2)24-26)20(27)13-10-16-8-11-17(23)12-9-16/h3-13H,1,14H2,2H3/b13-10+. The molecule has 2 aromatic heterocycles. The molecule has 0 aliphatic carbocycles. The Morgan fingerprint density at radius 1 is 1.15 bits per heavy atom. The fourth-order valence-corrected chi connectivity index (χ4v) is 3.35. The van der Waals surface area contributed by atoms with Crippen LogP contribution in [0.3, 0.4) is 0 Å². The molecule has 0 atom stereocenters. The Hall–Kier alpha value is -3.47. The van der Waals surface area contributed by atoms with Gasteiger partial charge in [0.2, 0.25) is 0 Å². The molecule has 0 amide bonds. The van der Waals surface area contributed by atoms with Crippen LogP contribution in [-0.2, 0) is 6.54 Å².